The second-order valence-corrected chi connectivity index (χ2v) is 10.4. The van der Waals surface area contributed by atoms with Crippen LogP contribution in [0.2, 0.25) is 0 Å². The van der Waals surface area contributed by atoms with Crippen molar-refractivity contribution in [1.29, 1.82) is 0 Å². The van der Waals surface area contributed by atoms with Crippen LogP contribution in [0, 0.1) is 13.8 Å². The molecule has 1 N–H and O–H groups in total. The highest BCUT2D eigenvalue weighted by Gasteiger charge is 2.55. The van der Waals surface area contributed by atoms with Crippen LogP contribution in [0.4, 0.5) is 11.4 Å². The molecule has 1 unspecified atom stereocenters. The molecule has 182 valence electrons. The van der Waals surface area contributed by atoms with E-state index in [0.717, 1.165) is 28.5 Å². The maximum absolute atomic E-state index is 14.0. The summed E-state index contributed by atoms with van der Waals surface area (Å²) in [5, 5.41) is 3.97. The maximum atomic E-state index is 14.0. The van der Waals surface area contributed by atoms with Crippen molar-refractivity contribution in [1.82, 2.24) is 9.36 Å². The van der Waals surface area contributed by atoms with Crippen LogP contribution in [0.1, 0.15) is 37.9 Å². The zero-order chi connectivity index (χ0) is 25.0. The van der Waals surface area contributed by atoms with Gasteiger partial charge in [0.05, 0.1) is 17.0 Å². The number of aliphatic imine (C=N–C) groups is 1. The standard InChI is InChI=1S/C27H31N5O2S/c1-18-11-9-10-14-21(18)28-24-27(15-16-34-26(3,4)17-27)31(25(35)29-24)22-19(2)30(5)32(23(22)33)20-12-7-6-8-13-20/h6-14H,15-17H2,1-5H3,(H,28,29,35). The van der Waals surface area contributed by atoms with Crippen molar-refractivity contribution in [2.24, 2.45) is 12.0 Å². The van der Waals surface area contributed by atoms with Gasteiger partial charge in [-0.05, 0) is 63.7 Å². The van der Waals surface area contributed by atoms with Gasteiger partial charge in [-0.15, -0.1) is 0 Å². The van der Waals surface area contributed by atoms with Gasteiger partial charge in [-0.1, -0.05) is 36.4 Å². The molecular weight excluding hydrogens is 458 g/mol. The zero-order valence-corrected chi connectivity index (χ0v) is 21.6. The van der Waals surface area contributed by atoms with E-state index < -0.39 is 11.1 Å². The number of thiocarbonyl (C=S) groups is 1. The Balaban J connectivity index is 1.68. The number of rotatable bonds is 3. The monoisotopic (exact) mass is 489 g/mol. The number of amidine groups is 1. The third-order valence-electron chi connectivity index (χ3n) is 7.14. The fourth-order valence-electron chi connectivity index (χ4n) is 5.38. The molecule has 0 amide bonds. The van der Waals surface area contributed by atoms with Gasteiger partial charge in [0, 0.05) is 32.2 Å². The molecule has 1 fully saturated rings. The summed E-state index contributed by atoms with van der Waals surface area (Å²) in [6.45, 7) is 8.73. The summed E-state index contributed by atoms with van der Waals surface area (Å²) < 4.78 is 9.69. The normalized spacial score (nSPS) is 21.5. The molecule has 3 aromatic rings. The molecule has 0 bridgehead atoms. The first-order chi connectivity index (χ1) is 16.6. The smallest absolute Gasteiger partial charge is 0.295 e. The van der Waals surface area contributed by atoms with Gasteiger partial charge in [0.1, 0.15) is 17.1 Å². The van der Waals surface area contributed by atoms with Crippen molar-refractivity contribution in [3.05, 3.63) is 76.2 Å². The number of para-hydroxylation sites is 2. The molecular formula is C27H31N5O2S. The van der Waals surface area contributed by atoms with Crippen LogP contribution in [0.25, 0.3) is 5.69 Å². The van der Waals surface area contributed by atoms with Gasteiger partial charge in [-0.25, -0.2) is 9.67 Å². The Kier molecular flexibility index (Phi) is 5.68. The molecule has 0 aliphatic carbocycles. The Morgan fingerprint density at radius 3 is 2.43 bits per heavy atom. The van der Waals surface area contributed by atoms with Gasteiger partial charge in [-0.2, -0.15) is 0 Å². The van der Waals surface area contributed by atoms with E-state index in [9.17, 15) is 4.79 Å². The van der Waals surface area contributed by atoms with Gasteiger partial charge in [0.25, 0.3) is 5.56 Å². The molecule has 1 atom stereocenters. The third kappa shape index (κ3) is 3.81. The van der Waals surface area contributed by atoms with Gasteiger partial charge in [0.2, 0.25) is 5.11 Å². The lowest BCUT2D eigenvalue weighted by molar-refractivity contribution is -0.0662. The van der Waals surface area contributed by atoms with Crippen molar-refractivity contribution < 1.29 is 4.74 Å². The van der Waals surface area contributed by atoms with E-state index >= 15 is 0 Å². The molecule has 1 spiro atoms. The predicted octanol–water partition coefficient (Wildman–Crippen LogP) is 4.74. The van der Waals surface area contributed by atoms with Crippen molar-refractivity contribution in [3.63, 3.8) is 0 Å². The first-order valence-electron chi connectivity index (χ1n) is 11.9. The highest BCUT2D eigenvalue weighted by Crippen LogP contribution is 2.44. The largest absolute Gasteiger partial charge is 0.375 e. The Labute approximate surface area is 211 Å². The minimum absolute atomic E-state index is 0.116. The van der Waals surface area contributed by atoms with E-state index in [1.807, 2.05) is 72.1 Å². The molecule has 7 nitrogen and oxygen atoms in total. The molecule has 1 saturated heterocycles. The number of hydrogen-bond donors (Lipinski definition) is 1. The summed E-state index contributed by atoms with van der Waals surface area (Å²) in [6, 6.07) is 17.8. The Morgan fingerprint density at radius 1 is 1.06 bits per heavy atom. The Bertz CT molecular complexity index is 1390. The molecule has 0 radical (unpaired) electrons. The first kappa shape index (κ1) is 23.5. The molecule has 2 aliphatic heterocycles. The average molecular weight is 490 g/mol. The molecule has 5 rings (SSSR count). The van der Waals surface area contributed by atoms with E-state index in [2.05, 4.69) is 32.2 Å². The number of benzene rings is 2. The number of aromatic nitrogens is 2. The average Bonchev–Trinajstić information content (AvgIpc) is 3.18. The highest BCUT2D eigenvalue weighted by atomic mass is 32.1. The van der Waals surface area contributed by atoms with Crippen molar-refractivity contribution in [3.8, 4) is 5.69 Å². The predicted molar refractivity (Wildman–Crippen MR) is 145 cm³/mol. The first-order valence-corrected chi connectivity index (χ1v) is 12.3. The van der Waals surface area contributed by atoms with E-state index in [0.29, 0.717) is 30.2 Å². The van der Waals surface area contributed by atoms with Crippen LogP contribution < -0.4 is 15.8 Å². The van der Waals surface area contributed by atoms with E-state index in [1.54, 1.807) is 4.68 Å². The number of anilines is 2. The Hall–Kier alpha value is -3.23. The quantitative estimate of drug-likeness (QED) is 0.539. The summed E-state index contributed by atoms with van der Waals surface area (Å²) in [5.41, 5.74) is 3.14. The molecule has 2 aliphatic rings. The van der Waals surface area contributed by atoms with Gasteiger partial charge in [-0.3, -0.25) is 14.4 Å². The lowest BCUT2D eigenvalue weighted by Gasteiger charge is -2.47. The van der Waals surface area contributed by atoms with Crippen LogP contribution >= 0.6 is 12.2 Å². The van der Waals surface area contributed by atoms with Crippen LogP contribution in [0.3, 0.4) is 0 Å². The lowest BCUT2D eigenvalue weighted by Crippen LogP contribution is -2.61. The molecule has 3 heterocycles. The maximum Gasteiger partial charge on any atom is 0.295 e. The van der Waals surface area contributed by atoms with Gasteiger partial charge < -0.3 is 10.1 Å². The molecule has 1 aromatic heterocycles. The topological polar surface area (TPSA) is 63.8 Å². The second-order valence-electron chi connectivity index (χ2n) is 9.99. The summed E-state index contributed by atoms with van der Waals surface area (Å²) >= 11 is 5.87. The molecule has 8 heteroatoms. The summed E-state index contributed by atoms with van der Waals surface area (Å²) in [5.74, 6) is 0.766. The zero-order valence-electron chi connectivity index (χ0n) is 20.8. The van der Waals surface area contributed by atoms with E-state index in [-0.39, 0.29) is 5.56 Å². The number of nitrogens with zero attached hydrogens (tertiary/aromatic N) is 4. The van der Waals surface area contributed by atoms with Crippen LogP contribution in [-0.4, -0.2) is 38.1 Å². The highest BCUT2D eigenvalue weighted by molar-refractivity contribution is 7.80. The SMILES string of the molecule is Cc1ccccc1NC1=NC(=S)N(c2c(C)n(C)n(-c3ccccc3)c2=O)C12CCOC(C)(C)C2. The fourth-order valence-corrected chi connectivity index (χ4v) is 5.74. The summed E-state index contributed by atoms with van der Waals surface area (Å²) in [6.07, 6.45) is 1.30. The van der Waals surface area contributed by atoms with Gasteiger partial charge >= 0.3 is 0 Å². The number of aryl methyl sites for hydroxylation is 1. The van der Waals surface area contributed by atoms with E-state index in [1.165, 1.54) is 0 Å². The van der Waals surface area contributed by atoms with Crippen molar-refractivity contribution >= 4 is 34.5 Å². The minimum Gasteiger partial charge on any atom is -0.375 e. The fraction of sp³-hybridized carbons (Fsp3) is 0.370. The van der Waals surface area contributed by atoms with Gasteiger partial charge in [0.15, 0.2) is 0 Å². The third-order valence-corrected chi connectivity index (χ3v) is 7.41. The van der Waals surface area contributed by atoms with Crippen LogP contribution in [0.15, 0.2) is 64.4 Å². The van der Waals surface area contributed by atoms with Crippen molar-refractivity contribution in [2.75, 3.05) is 16.8 Å². The van der Waals surface area contributed by atoms with E-state index in [4.69, 9.17) is 21.9 Å². The number of hydrogen-bond acceptors (Lipinski definition) is 4. The molecule has 35 heavy (non-hydrogen) atoms. The molecule has 2 aromatic carbocycles. The number of ether oxygens (including phenoxy) is 1. The second kappa shape index (κ2) is 8.46. The van der Waals surface area contributed by atoms with Crippen LogP contribution in [0.5, 0.6) is 0 Å². The summed E-state index contributed by atoms with van der Waals surface area (Å²) in [7, 11) is 1.90. The molecule has 0 saturated carbocycles. The lowest BCUT2D eigenvalue weighted by atomic mass is 9.79. The summed E-state index contributed by atoms with van der Waals surface area (Å²) in [4.78, 5) is 20.8. The Morgan fingerprint density at radius 2 is 1.74 bits per heavy atom. The van der Waals surface area contributed by atoms with Crippen LogP contribution in [-0.2, 0) is 11.8 Å². The van der Waals surface area contributed by atoms with Crippen molar-refractivity contribution in [2.45, 2.75) is 51.7 Å². The number of nitrogens with one attached hydrogen (secondary N) is 1. The minimum atomic E-state index is -0.624.